The van der Waals surface area contributed by atoms with Crippen LogP contribution in [0.3, 0.4) is 0 Å². The predicted octanol–water partition coefficient (Wildman–Crippen LogP) is 1.03. The van der Waals surface area contributed by atoms with Crippen LogP contribution in [-0.2, 0) is 14.3 Å². The summed E-state index contributed by atoms with van der Waals surface area (Å²) in [5, 5.41) is 0. The maximum absolute atomic E-state index is 11.3. The zero-order valence-electron chi connectivity index (χ0n) is 6.80. The molecule has 0 spiro atoms. The van der Waals surface area contributed by atoms with E-state index in [9.17, 15) is 8.42 Å². The van der Waals surface area contributed by atoms with Gasteiger partial charge in [-0.05, 0) is 12.1 Å². The molecular formula is C9H8O3S. The molecule has 3 nitrogen and oxygen atoms in total. The second kappa shape index (κ2) is 4.08. The third-order valence-corrected chi connectivity index (χ3v) is 2.61. The highest BCUT2D eigenvalue weighted by molar-refractivity contribution is 7.86. The average molecular weight is 196 g/mol. The first-order chi connectivity index (χ1) is 6.17. The van der Waals surface area contributed by atoms with Crippen molar-refractivity contribution < 1.29 is 12.6 Å². The molecule has 0 N–H and O–H groups in total. The van der Waals surface area contributed by atoms with Gasteiger partial charge in [0.1, 0.15) is 6.61 Å². The molecule has 0 radical (unpaired) electrons. The van der Waals surface area contributed by atoms with Crippen LogP contribution >= 0.6 is 0 Å². The molecule has 1 rings (SSSR count). The van der Waals surface area contributed by atoms with Crippen LogP contribution in [0.4, 0.5) is 0 Å². The van der Waals surface area contributed by atoms with Crippen LogP contribution in [-0.4, -0.2) is 15.0 Å². The van der Waals surface area contributed by atoms with Gasteiger partial charge in [-0.1, -0.05) is 24.1 Å². The SMILES string of the molecule is C#CCOS(=O)(=O)c1ccccc1. The van der Waals surface area contributed by atoms with Gasteiger partial charge in [-0.3, -0.25) is 4.18 Å². The lowest BCUT2D eigenvalue weighted by Gasteiger charge is -2.00. The van der Waals surface area contributed by atoms with Gasteiger partial charge < -0.3 is 0 Å². The van der Waals surface area contributed by atoms with Crippen LogP contribution in [0, 0.1) is 12.3 Å². The third kappa shape index (κ3) is 2.58. The van der Waals surface area contributed by atoms with E-state index in [2.05, 4.69) is 10.1 Å². The summed E-state index contributed by atoms with van der Waals surface area (Å²) in [6.45, 7) is -0.239. The Bertz CT molecular complexity index is 400. The Morgan fingerprint density at radius 3 is 2.46 bits per heavy atom. The molecule has 0 aliphatic rings. The van der Waals surface area contributed by atoms with E-state index in [1.54, 1.807) is 18.2 Å². The van der Waals surface area contributed by atoms with Crippen molar-refractivity contribution in [3.8, 4) is 12.3 Å². The summed E-state index contributed by atoms with van der Waals surface area (Å²) in [6, 6.07) is 7.86. The number of rotatable bonds is 3. The molecule has 0 aliphatic heterocycles. The highest BCUT2D eigenvalue weighted by Gasteiger charge is 2.12. The van der Waals surface area contributed by atoms with E-state index in [1.807, 2.05) is 0 Å². The van der Waals surface area contributed by atoms with Crippen LogP contribution in [0.5, 0.6) is 0 Å². The molecule has 0 saturated heterocycles. The topological polar surface area (TPSA) is 43.4 Å². The number of benzene rings is 1. The summed E-state index contributed by atoms with van der Waals surface area (Å²) in [7, 11) is -3.66. The fourth-order valence-electron chi connectivity index (χ4n) is 0.767. The van der Waals surface area contributed by atoms with Crippen LogP contribution < -0.4 is 0 Å². The second-order valence-corrected chi connectivity index (χ2v) is 3.85. The summed E-state index contributed by atoms with van der Waals surface area (Å²) in [5.41, 5.74) is 0. The maximum atomic E-state index is 11.3. The molecule has 0 atom stereocenters. The summed E-state index contributed by atoms with van der Waals surface area (Å²) < 4.78 is 27.0. The van der Waals surface area contributed by atoms with E-state index in [-0.39, 0.29) is 11.5 Å². The molecule has 0 aromatic heterocycles. The molecule has 0 heterocycles. The second-order valence-electron chi connectivity index (χ2n) is 2.23. The number of terminal acetylenes is 1. The molecule has 0 amide bonds. The summed E-state index contributed by atoms with van der Waals surface area (Å²) in [6.07, 6.45) is 4.87. The van der Waals surface area contributed by atoms with Gasteiger partial charge in [-0.15, -0.1) is 6.42 Å². The van der Waals surface area contributed by atoms with E-state index in [0.717, 1.165) is 0 Å². The largest absolute Gasteiger partial charge is 0.297 e. The zero-order chi connectivity index (χ0) is 9.73. The molecule has 0 fully saturated rings. The summed E-state index contributed by atoms with van der Waals surface area (Å²) >= 11 is 0. The minimum Gasteiger partial charge on any atom is -0.253 e. The smallest absolute Gasteiger partial charge is 0.253 e. The van der Waals surface area contributed by atoms with Gasteiger partial charge in [-0.2, -0.15) is 8.42 Å². The first-order valence-corrected chi connectivity index (χ1v) is 4.95. The molecule has 4 heteroatoms. The lowest BCUT2D eigenvalue weighted by molar-refractivity contribution is 0.363. The Kier molecular flexibility index (Phi) is 3.07. The van der Waals surface area contributed by atoms with Gasteiger partial charge in [0, 0.05) is 0 Å². The highest BCUT2D eigenvalue weighted by atomic mass is 32.2. The van der Waals surface area contributed by atoms with Crippen LogP contribution in [0.2, 0.25) is 0 Å². The van der Waals surface area contributed by atoms with Crippen molar-refractivity contribution in [3.63, 3.8) is 0 Å². The normalized spacial score (nSPS) is 10.7. The van der Waals surface area contributed by atoms with Crippen molar-refractivity contribution in [2.24, 2.45) is 0 Å². The maximum Gasteiger partial charge on any atom is 0.297 e. The first-order valence-electron chi connectivity index (χ1n) is 3.55. The Morgan fingerprint density at radius 2 is 1.92 bits per heavy atom. The molecule has 0 bridgehead atoms. The molecular weight excluding hydrogens is 188 g/mol. The number of hydrogen-bond acceptors (Lipinski definition) is 3. The molecule has 1 aromatic rings. The van der Waals surface area contributed by atoms with Crippen molar-refractivity contribution in [2.45, 2.75) is 4.90 Å². The van der Waals surface area contributed by atoms with Crippen LogP contribution in [0.25, 0.3) is 0 Å². The minimum absolute atomic E-state index is 0.116. The van der Waals surface area contributed by atoms with E-state index in [0.29, 0.717) is 0 Å². The standard InChI is InChI=1S/C9H8O3S/c1-2-8-12-13(10,11)9-6-4-3-5-7-9/h1,3-7H,8H2. The summed E-state index contributed by atoms with van der Waals surface area (Å²) in [4.78, 5) is 0.116. The van der Waals surface area contributed by atoms with Gasteiger partial charge in [0.25, 0.3) is 10.1 Å². The van der Waals surface area contributed by atoms with Crippen LogP contribution in [0.15, 0.2) is 35.2 Å². The summed E-state index contributed by atoms with van der Waals surface area (Å²) in [5.74, 6) is 2.09. The Balaban J connectivity index is 2.90. The van der Waals surface area contributed by atoms with Crippen molar-refractivity contribution in [1.82, 2.24) is 0 Å². The lowest BCUT2D eigenvalue weighted by Crippen LogP contribution is -2.06. The predicted molar refractivity (Wildman–Crippen MR) is 48.4 cm³/mol. The van der Waals surface area contributed by atoms with E-state index >= 15 is 0 Å². The fourth-order valence-corrected chi connectivity index (χ4v) is 1.62. The van der Waals surface area contributed by atoms with E-state index < -0.39 is 10.1 Å². The molecule has 13 heavy (non-hydrogen) atoms. The molecule has 0 unspecified atom stereocenters. The van der Waals surface area contributed by atoms with Gasteiger partial charge in [0.15, 0.2) is 0 Å². The Labute approximate surface area is 77.5 Å². The van der Waals surface area contributed by atoms with Gasteiger partial charge in [0.05, 0.1) is 4.90 Å². The highest BCUT2D eigenvalue weighted by Crippen LogP contribution is 2.10. The molecule has 68 valence electrons. The van der Waals surface area contributed by atoms with E-state index in [1.165, 1.54) is 12.1 Å². The lowest BCUT2D eigenvalue weighted by atomic mass is 10.4. The first kappa shape index (κ1) is 9.78. The minimum atomic E-state index is -3.66. The van der Waals surface area contributed by atoms with Crippen LogP contribution in [0.1, 0.15) is 0 Å². The van der Waals surface area contributed by atoms with Crippen molar-refractivity contribution in [1.29, 1.82) is 0 Å². The molecule has 1 aromatic carbocycles. The van der Waals surface area contributed by atoms with E-state index in [4.69, 9.17) is 6.42 Å². The van der Waals surface area contributed by atoms with Crippen molar-refractivity contribution >= 4 is 10.1 Å². The van der Waals surface area contributed by atoms with Crippen molar-refractivity contribution in [2.75, 3.05) is 6.61 Å². The Morgan fingerprint density at radius 1 is 1.31 bits per heavy atom. The fraction of sp³-hybridized carbons (Fsp3) is 0.111. The molecule has 0 saturated carbocycles. The quantitative estimate of drug-likeness (QED) is 0.535. The van der Waals surface area contributed by atoms with Gasteiger partial charge >= 0.3 is 0 Å². The molecule has 0 aliphatic carbocycles. The zero-order valence-corrected chi connectivity index (χ0v) is 7.62. The number of hydrogen-bond donors (Lipinski definition) is 0. The van der Waals surface area contributed by atoms with Crippen molar-refractivity contribution in [3.05, 3.63) is 30.3 Å². The van der Waals surface area contributed by atoms with Gasteiger partial charge in [-0.25, -0.2) is 0 Å². The monoisotopic (exact) mass is 196 g/mol. The average Bonchev–Trinajstić information content (AvgIpc) is 2.16. The third-order valence-electron chi connectivity index (χ3n) is 1.33. The Hall–Kier alpha value is -1.31. The van der Waals surface area contributed by atoms with Gasteiger partial charge in [0.2, 0.25) is 0 Å².